The monoisotopic (exact) mass is 381 g/mol. The number of ether oxygens (including phenoxy) is 2. The Hall–Kier alpha value is -2.09. The van der Waals surface area contributed by atoms with Crippen LogP contribution in [0.4, 0.5) is 0 Å². The van der Waals surface area contributed by atoms with Crippen LogP contribution in [0, 0.1) is 6.92 Å². The van der Waals surface area contributed by atoms with Crippen molar-refractivity contribution in [3.63, 3.8) is 0 Å². The van der Waals surface area contributed by atoms with Crippen molar-refractivity contribution < 1.29 is 27.5 Å². The summed E-state index contributed by atoms with van der Waals surface area (Å²) in [6.07, 6.45) is 2.18. The smallest absolute Gasteiger partial charge is 0.338 e. The second-order valence-corrected chi connectivity index (χ2v) is 9.08. The fraction of sp³-hybridized carbons (Fsp3) is 0.556. The first kappa shape index (κ1) is 18.7. The predicted octanol–water partition coefficient (Wildman–Crippen LogP) is 1.34. The summed E-state index contributed by atoms with van der Waals surface area (Å²) in [6.45, 7) is 1.47. The Bertz CT molecular complexity index is 815. The molecule has 26 heavy (non-hydrogen) atoms. The van der Waals surface area contributed by atoms with E-state index in [0.717, 1.165) is 18.4 Å². The van der Waals surface area contributed by atoms with Crippen molar-refractivity contribution >= 4 is 21.7 Å². The molecule has 1 heterocycles. The summed E-state index contributed by atoms with van der Waals surface area (Å²) >= 11 is 0. The molecule has 2 aliphatic rings. The number of methoxy groups -OCH3 is 1. The minimum atomic E-state index is -3.08. The summed E-state index contributed by atoms with van der Waals surface area (Å²) in [5, 5.41) is 0. The number of benzene rings is 1. The molecule has 7 nitrogen and oxygen atoms in total. The Morgan fingerprint density at radius 1 is 1.19 bits per heavy atom. The number of esters is 1. The Morgan fingerprint density at radius 2 is 1.92 bits per heavy atom. The van der Waals surface area contributed by atoms with Gasteiger partial charge in [-0.05, 0) is 43.9 Å². The molecule has 0 bridgehead atoms. The maximum atomic E-state index is 12.6. The fourth-order valence-electron chi connectivity index (χ4n) is 3.29. The maximum absolute atomic E-state index is 12.6. The summed E-state index contributed by atoms with van der Waals surface area (Å²) in [5.41, 5.74) is 1.20. The first-order chi connectivity index (χ1) is 12.3. The second-order valence-electron chi connectivity index (χ2n) is 6.85. The molecule has 1 amide bonds. The zero-order chi connectivity index (χ0) is 18.9. The van der Waals surface area contributed by atoms with Crippen molar-refractivity contribution in [3.05, 3.63) is 29.3 Å². The van der Waals surface area contributed by atoms with Crippen LogP contribution in [0.5, 0.6) is 5.75 Å². The first-order valence-electron chi connectivity index (χ1n) is 8.64. The largest absolute Gasteiger partial charge is 0.496 e. The van der Waals surface area contributed by atoms with Crippen molar-refractivity contribution in [3.8, 4) is 5.75 Å². The van der Waals surface area contributed by atoms with E-state index >= 15 is 0 Å². The van der Waals surface area contributed by atoms with Gasteiger partial charge in [-0.15, -0.1) is 0 Å². The topological polar surface area (TPSA) is 90.0 Å². The Labute approximate surface area is 153 Å². The zero-order valence-corrected chi connectivity index (χ0v) is 15.8. The van der Waals surface area contributed by atoms with Crippen molar-refractivity contribution in [1.82, 2.24) is 4.90 Å². The van der Waals surface area contributed by atoms with Gasteiger partial charge in [0.2, 0.25) is 0 Å². The van der Waals surface area contributed by atoms with E-state index < -0.39 is 15.8 Å². The number of nitrogens with zero attached hydrogens (tertiary/aromatic N) is 1. The van der Waals surface area contributed by atoms with Gasteiger partial charge in [-0.3, -0.25) is 4.79 Å². The van der Waals surface area contributed by atoms with Crippen LogP contribution in [-0.2, 0) is 19.4 Å². The maximum Gasteiger partial charge on any atom is 0.338 e. The molecule has 1 saturated carbocycles. The highest BCUT2D eigenvalue weighted by molar-refractivity contribution is 7.91. The summed E-state index contributed by atoms with van der Waals surface area (Å²) < 4.78 is 33.8. The zero-order valence-electron chi connectivity index (χ0n) is 14.9. The molecular weight excluding hydrogens is 358 g/mol. The Morgan fingerprint density at radius 3 is 2.50 bits per heavy atom. The van der Waals surface area contributed by atoms with E-state index in [1.165, 1.54) is 7.11 Å². The van der Waals surface area contributed by atoms with E-state index in [-0.39, 0.29) is 36.1 Å². The van der Waals surface area contributed by atoms with Gasteiger partial charge < -0.3 is 14.4 Å². The van der Waals surface area contributed by atoms with E-state index in [0.29, 0.717) is 17.7 Å². The van der Waals surface area contributed by atoms with Gasteiger partial charge in [-0.2, -0.15) is 0 Å². The average molecular weight is 381 g/mol. The van der Waals surface area contributed by atoms with Crippen LogP contribution < -0.4 is 4.74 Å². The van der Waals surface area contributed by atoms with E-state index in [1.54, 1.807) is 23.1 Å². The number of sulfone groups is 1. The summed E-state index contributed by atoms with van der Waals surface area (Å²) in [5.74, 6) is -0.259. The van der Waals surface area contributed by atoms with E-state index in [4.69, 9.17) is 9.47 Å². The van der Waals surface area contributed by atoms with Crippen LogP contribution in [0.1, 0.15) is 35.2 Å². The standard InChI is InChI=1S/C18H23NO6S/c1-12-3-4-13(9-16(12)24-2)18(21)25-10-17(20)19(14-5-6-14)15-7-8-26(22,23)11-15/h3-4,9,14-15H,5-8,10-11H2,1-2H3/t15-/m0/s1. The van der Waals surface area contributed by atoms with Crippen molar-refractivity contribution in [2.45, 2.75) is 38.3 Å². The molecule has 1 saturated heterocycles. The molecule has 0 unspecified atom stereocenters. The van der Waals surface area contributed by atoms with Crippen molar-refractivity contribution in [2.24, 2.45) is 0 Å². The van der Waals surface area contributed by atoms with Gasteiger partial charge in [0, 0.05) is 12.1 Å². The van der Waals surface area contributed by atoms with Crippen LogP contribution in [0.15, 0.2) is 18.2 Å². The van der Waals surface area contributed by atoms with Crippen LogP contribution in [-0.4, -0.2) is 62.5 Å². The number of carbonyl (C=O) groups excluding carboxylic acids is 2. The number of aryl methyl sites for hydroxylation is 1. The molecule has 0 spiro atoms. The van der Waals surface area contributed by atoms with Gasteiger partial charge in [0.05, 0.1) is 24.2 Å². The summed E-state index contributed by atoms with van der Waals surface area (Å²) in [7, 11) is -1.56. The highest BCUT2D eigenvalue weighted by Gasteiger charge is 2.42. The quantitative estimate of drug-likeness (QED) is 0.691. The lowest BCUT2D eigenvalue weighted by Crippen LogP contribution is -2.44. The van der Waals surface area contributed by atoms with Crippen LogP contribution >= 0.6 is 0 Å². The molecule has 1 atom stereocenters. The molecule has 0 radical (unpaired) electrons. The number of carbonyl (C=O) groups is 2. The Kier molecular flexibility index (Phi) is 5.22. The molecule has 0 N–H and O–H groups in total. The van der Waals surface area contributed by atoms with Gasteiger partial charge in [0.15, 0.2) is 16.4 Å². The van der Waals surface area contributed by atoms with E-state index in [9.17, 15) is 18.0 Å². The van der Waals surface area contributed by atoms with E-state index in [2.05, 4.69) is 0 Å². The molecule has 1 aliphatic heterocycles. The SMILES string of the molecule is COc1cc(C(=O)OCC(=O)N(C2CC2)[C@H]2CCS(=O)(=O)C2)ccc1C. The number of rotatable bonds is 6. The molecule has 8 heteroatoms. The van der Waals surface area contributed by atoms with Crippen LogP contribution in [0.25, 0.3) is 0 Å². The Balaban J connectivity index is 1.62. The molecule has 1 aromatic carbocycles. The molecule has 2 fully saturated rings. The summed E-state index contributed by atoms with van der Waals surface area (Å²) in [6, 6.07) is 4.70. The van der Waals surface area contributed by atoms with Crippen molar-refractivity contribution in [2.75, 3.05) is 25.2 Å². The van der Waals surface area contributed by atoms with Gasteiger partial charge in [-0.1, -0.05) is 6.07 Å². The van der Waals surface area contributed by atoms with E-state index in [1.807, 2.05) is 6.92 Å². The highest BCUT2D eigenvalue weighted by atomic mass is 32.2. The number of hydrogen-bond donors (Lipinski definition) is 0. The molecule has 1 aliphatic carbocycles. The lowest BCUT2D eigenvalue weighted by Gasteiger charge is -2.28. The molecule has 142 valence electrons. The van der Waals surface area contributed by atoms with Gasteiger partial charge in [-0.25, -0.2) is 13.2 Å². The second kappa shape index (κ2) is 7.26. The first-order valence-corrected chi connectivity index (χ1v) is 10.5. The van der Waals surface area contributed by atoms with Crippen molar-refractivity contribution in [1.29, 1.82) is 0 Å². The normalized spacial score (nSPS) is 21.2. The molecular formula is C18H23NO6S. The highest BCUT2D eigenvalue weighted by Crippen LogP contribution is 2.32. The lowest BCUT2D eigenvalue weighted by atomic mass is 10.1. The number of amides is 1. The number of hydrogen-bond acceptors (Lipinski definition) is 6. The van der Waals surface area contributed by atoms with Gasteiger partial charge in [0.25, 0.3) is 5.91 Å². The van der Waals surface area contributed by atoms with Gasteiger partial charge in [0.1, 0.15) is 5.75 Å². The predicted molar refractivity (Wildman–Crippen MR) is 94.9 cm³/mol. The fourth-order valence-corrected chi connectivity index (χ4v) is 5.00. The lowest BCUT2D eigenvalue weighted by molar-refractivity contribution is -0.137. The third-order valence-corrected chi connectivity index (χ3v) is 6.55. The average Bonchev–Trinajstić information content (AvgIpc) is 3.36. The minimum absolute atomic E-state index is 0.00164. The molecule has 3 rings (SSSR count). The van der Waals surface area contributed by atoms with Crippen LogP contribution in [0.3, 0.4) is 0 Å². The van der Waals surface area contributed by atoms with Gasteiger partial charge >= 0.3 is 5.97 Å². The minimum Gasteiger partial charge on any atom is -0.496 e. The molecule has 0 aromatic heterocycles. The van der Waals surface area contributed by atoms with Crippen LogP contribution in [0.2, 0.25) is 0 Å². The summed E-state index contributed by atoms with van der Waals surface area (Å²) in [4.78, 5) is 26.4. The molecule has 1 aromatic rings. The third-order valence-electron chi connectivity index (χ3n) is 4.80. The third kappa shape index (κ3) is 4.17.